The van der Waals surface area contributed by atoms with E-state index in [2.05, 4.69) is 10.3 Å². The van der Waals surface area contributed by atoms with Gasteiger partial charge in [0, 0.05) is 16.7 Å². The fourth-order valence-electron chi connectivity index (χ4n) is 2.50. The molecule has 1 aromatic heterocycles. The van der Waals surface area contributed by atoms with Gasteiger partial charge in [-0.05, 0) is 55.3 Å². The molecule has 0 aliphatic rings. The minimum absolute atomic E-state index is 0.149. The van der Waals surface area contributed by atoms with Gasteiger partial charge in [0.2, 0.25) is 5.88 Å². The Hall–Kier alpha value is -2.85. The first-order chi connectivity index (χ1) is 12.0. The first kappa shape index (κ1) is 17.0. The Morgan fingerprint density at radius 3 is 2.28 bits per heavy atom. The lowest BCUT2D eigenvalue weighted by Gasteiger charge is -2.11. The van der Waals surface area contributed by atoms with Crippen molar-refractivity contribution >= 4 is 23.2 Å². The van der Waals surface area contributed by atoms with Gasteiger partial charge in [-0.15, -0.1) is 0 Å². The van der Waals surface area contributed by atoms with E-state index in [4.69, 9.17) is 16.3 Å². The molecule has 0 atom stereocenters. The number of amides is 1. The van der Waals surface area contributed by atoms with Gasteiger partial charge in [-0.2, -0.15) is 0 Å². The molecule has 4 nitrogen and oxygen atoms in total. The second-order valence-corrected chi connectivity index (χ2v) is 6.10. The van der Waals surface area contributed by atoms with Crippen LogP contribution in [0.5, 0.6) is 11.6 Å². The van der Waals surface area contributed by atoms with Crippen LogP contribution in [0.15, 0.2) is 60.8 Å². The van der Waals surface area contributed by atoms with Crippen LogP contribution in [0.3, 0.4) is 0 Å². The zero-order valence-corrected chi connectivity index (χ0v) is 14.7. The van der Waals surface area contributed by atoms with Gasteiger partial charge in [0.15, 0.2) is 0 Å². The fraction of sp³-hybridized carbons (Fsp3) is 0.100. The number of pyridine rings is 1. The first-order valence-electron chi connectivity index (χ1n) is 7.80. The number of anilines is 1. The number of hydrogen-bond acceptors (Lipinski definition) is 3. The van der Waals surface area contributed by atoms with Crippen LogP contribution in [0.25, 0.3) is 0 Å². The third-order valence-electron chi connectivity index (χ3n) is 3.74. The molecule has 0 fully saturated rings. The highest BCUT2D eigenvalue weighted by molar-refractivity contribution is 6.30. The van der Waals surface area contributed by atoms with Crippen molar-refractivity contribution in [2.75, 3.05) is 5.32 Å². The molecule has 3 rings (SSSR count). The van der Waals surface area contributed by atoms with Crippen LogP contribution >= 0.6 is 11.6 Å². The van der Waals surface area contributed by atoms with Crippen molar-refractivity contribution < 1.29 is 9.53 Å². The van der Waals surface area contributed by atoms with Crippen molar-refractivity contribution in [3.05, 3.63) is 82.5 Å². The highest BCUT2D eigenvalue weighted by Crippen LogP contribution is 2.23. The van der Waals surface area contributed by atoms with Crippen molar-refractivity contribution in [3.63, 3.8) is 0 Å². The third-order valence-corrected chi connectivity index (χ3v) is 3.99. The van der Waals surface area contributed by atoms with Crippen LogP contribution in [-0.4, -0.2) is 10.9 Å². The molecule has 25 heavy (non-hydrogen) atoms. The third kappa shape index (κ3) is 4.17. The van der Waals surface area contributed by atoms with E-state index in [-0.39, 0.29) is 5.91 Å². The maximum atomic E-state index is 12.5. The Kier molecular flexibility index (Phi) is 5.00. The number of carbonyl (C=O) groups is 1. The Labute approximate surface area is 151 Å². The van der Waals surface area contributed by atoms with Gasteiger partial charge in [-0.1, -0.05) is 29.8 Å². The average molecular weight is 353 g/mol. The van der Waals surface area contributed by atoms with Crippen LogP contribution in [-0.2, 0) is 0 Å². The van der Waals surface area contributed by atoms with Gasteiger partial charge in [-0.3, -0.25) is 4.79 Å². The summed E-state index contributed by atoms with van der Waals surface area (Å²) in [4.78, 5) is 16.7. The summed E-state index contributed by atoms with van der Waals surface area (Å²) in [5.41, 5.74) is 3.17. The number of nitrogens with zero attached hydrogens (tertiary/aromatic N) is 1. The summed E-state index contributed by atoms with van der Waals surface area (Å²) in [6.45, 7) is 3.84. The molecule has 0 spiro atoms. The van der Waals surface area contributed by atoms with Crippen molar-refractivity contribution in [2.45, 2.75) is 13.8 Å². The Morgan fingerprint density at radius 1 is 1.00 bits per heavy atom. The Bertz CT molecular complexity index is 870. The number of hydrogen-bond donors (Lipinski definition) is 1. The van der Waals surface area contributed by atoms with Gasteiger partial charge in [-0.25, -0.2) is 4.98 Å². The molecule has 3 aromatic rings. The first-order valence-corrected chi connectivity index (χ1v) is 8.18. The summed E-state index contributed by atoms with van der Waals surface area (Å²) < 4.78 is 5.63. The lowest BCUT2D eigenvalue weighted by Crippen LogP contribution is -2.15. The quantitative estimate of drug-likeness (QED) is 0.684. The number of rotatable bonds is 4. The molecule has 0 aliphatic carbocycles. The fourth-order valence-corrected chi connectivity index (χ4v) is 2.63. The summed E-state index contributed by atoms with van der Waals surface area (Å²) >= 11 is 5.85. The molecule has 1 N–H and O–H groups in total. The van der Waals surface area contributed by atoms with Crippen LogP contribution in [0.1, 0.15) is 21.5 Å². The monoisotopic (exact) mass is 352 g/mol. The van der Waals surface area contributed by atoms with Crippen LogP contribution in [0, 0.1) is 13.8 Å². The molecule has 0 radical (unpaired) electrons. The number of carbonyl (C=O) groups excluding carboxylic acids is 1. The number of aromatic nitrogens is 1. The molecular weight excluding hydrogens is 336 g/mol. The molecule has 126 valence electrons. The Balaban J connectivity index is 1.70. The lowest BCUT2D eigenvalue weighted by molar-refractivity contribution is 0.102. The van der Waals surface area contributed by atoms with Crippen molar-refractivity contribution in [2.24, 2.45) is 0 Å². The van der Waals surface area contributed by atoms with E-state index in [1.807, 2.05) is 32.0 Å². The van der Waals surface area contributed by atoms with Gasteiger partial charge < -0.3 is 10.1 Å². The highest BCUT2D eigenvalue weighted by Gasteiger charge is 2.12. The van der Waals surface area contributed by atoms with E-state index in [9.17, 15) is 4.79 Å². The summed E-state index contributed by atoms with van der Waals surface area (Å²) in [6.07, 6.45) is 1.57. The number of nitrogens with one attached hydrogen (secondary N) is 1. The number of benzene rings is 2. The normalized spacial score (nSPS) is 10.4. The molecule has 1 heterocycles. The Morgan fingerprint density at radius 2 is 1.68 bits per heavy atom. The standard InChI is InChI=1S/C20H17ClN2O2/c1-13-4-3-5-14(2)19(13)20(24)23-16-8-11-18(22-12-16)25-17-9-6-15(21)7-10-17/h3-12H,1-2H3,(H,23,24). The zero-order valence-electron chi connectivity index (χ0n) is 13.9. The van der Waals surface area contributed by atoms with Crippen LogP contribution < -0.4 is 10.1 Å². The summed E-state index contributed by atoms with van der Waals surface area (Å²) in [5.74, 6) is 0.931. The summed E-state index contributed by atoms with van der Waals surface area (Å²) in [6, 6.07) is 16.3. The molecule has 0 saturated heterocycles. The molecule has 5 heteroatoms. The molecule has 0 aliphatic heterocycles. The molecule has 0 saturated carbocycles. The van der Waals surface area contributed by atoms with Crippen molar-refractivity contribution in [3.8, 4) is 11.6 Å². The SMILES string of the molecule is Cc1cccc(C)c1C(=O)Nc1ccc(Oc2ccc(Cl)cc2)nc1. The molecule has 0 bridgehead atoms. The van der Waals surface area contributed by atoms with E-state index < -0.39 is 0 Å². The number of halogens is 1. The minimum Gasteiger partial charge on any atom is -0.439 e. The lowest BCUT2D eigenvalue weighted by atomic mass is 10.0. The zero-order chi connectivity index (χ0) is 17.8. The van der Waals surface area contributed by atoms with Crippen molar-refractivity contribution in [1.29, 1.82) is 0 Å². The molecular formula is C20H17ClN2O2. The molecule has 0 unspecified atom stereocenters. The highest BCUT2D eigenvalue weighted by atomic mass is 35.5. The average Bonchev–Trinajstić information content (AvgIpc) is 2.58. The van der Waals surface area contributed by atoms with Crippen LogP contribution in [0.2, 0.25) is 5.02 Å². The predicted octanol–water partition coefficient (Wildman–Crippen LogP) is 5.40. The van der Waals surface area contributed by atoms with E-state index in [1.165, 1.54) is 0 Å². The van der Waals surface area contributed by atoms with Gasteiger partial charge in [0.25, 0.3) is 5.91 Å². The summed E-state index contributed by atoms with van der Waals surface area (Å²) in [5, 5.41) is 3.51. The maximum Gasteiger partial charge on any atom is 0.256 e. The molecule has 2 aromatic carbocycles. The van der Waals surface area contributed by atoms with E-state index in [1.54, 1.807) is 42.6 Å². The van der Waals surface area contributed by atoms with Crippen molar-refractivity contribution in [1.82, 2.24) is 4.98 Å². The van der Waals surface area contributed by atoms with Gasteiger partial charge in [0.05, 0.1) is 11.9 Å². The summed E-state index contributed by atoms with van der Waals surface area (Å²) in [7, 11) is 0. The van der Waals surface area contributed by atoms with E-state index in [0.29, 0.717) is 27.9 Å². The topological polar surface area (TPSA) is 51.2 Å². The maximum absolute atomic E-state index is 12.5. The minimum atomic E-state index is -0.149. The second-order valence-electron chi connectivity index (χ2n) is 5.66. The smallest absolute Gasteiger partial charge is 0.256 e. The second kappa shape index (κ2) is 7.36. The number of ether oxygens (including phenoxy) is 1. The number of aryl methyl sites for hydroxylation is 2. The molecule has 1 amide bonds. The van der Waals surface area contributed by atoms with E-state index >= 15 is 0 Å². The van der Waals surface area contributed by atoms with Gasteiger partial charge >= 0.3 is 0 Å². The van der Waals surface area contributed by atoms with Crippen LogP contribution in [0.4, 0.5) is 5.69 Å². The van der Waals surface area contributed by atoms with Gasteiger partial charge in [0.1, 0.15) is 5.75 Å². The largest absolute Gasteiger partial charge is 0.439 e. The van der Waals surface area contributed by atoms with E-state index in [0.717, 1.165) is 11.1 Å². The predicted molar refractivity (Wildman–Crippen MR) is 99.6 cm³/mol.